The van der Waals surface area contributed by atoms with Crippen LogP contribution < -0.4 is 10.1 Å². The summed E-state index contributed by atoms with van der Waals surface area (Å²) in [6.45, 7) is 3.48. The number of aryl methyl sites for hydroxylation is 1. The molecule has 0 aliphatic rings. The van der Waals surface area contributed by atoms with Crippen molar-refractivity contribution in [1.29, 1.82) is 0 Å². The molecular weight excluding hydrogens is 337 g/mol. The Morgan fingerprint density at radius 3 is 2.42 bits per heavy atom. The minimum Gasteiger partial charge on any atom is -0.494 e. The monoisotopic (exact) mass is 359 g/mol. The Balaban J connectivity index is 1.87. The zero-order valence-corrected chi connectivity index (χ0v) is 15.0. The lowest BCUT2D eigenvalue weighted by Gasteiger charge is -2.15. The molecule has 0 aliphatic carbocycles. The first-order chi connectivity index (χ1) is 12.4. The van der Waals surface area contributed by atoms with E-state index in [0.717, 1.165) is 18.1 Å². The number of hydrogen-bond acceptors (Lipinski definition) is 4. The quantitative estimate of drug-likeness (QED) is 0.769. The highest BCUT2D eigenvalue weighted by Crippen LogP contribution is 2.18. The molecule has 2 rings (SSSR count). The molecule has 6 heteroatoms. The van der Waals surface area contributed by atoms with Gasteiger partial charge in [0.2, 0.25) is 0 Å². The van der Waals surface area contributed by atoms with Crippen LogP contribution in [0.25, 0.3) is 0 Å². The standard InChI is InChI=1S/C20H22FNO4/c1-4-14-5-7-15(8-6-14)13(2)22-19(23)12-26-20(24)16-9-10-18(25-3)17(21)11-16/h5-11,13H,4,12H2,1-3H3,(H,22,23)/t13-/m0/s1. The molecule has 1 amide bonds. The number of esters is 1. The molecule has 0 radical (unpaired) electrons. The van der Waals surface area contributed by atoms with Crippen molar-refractivity contribution in [3.8, 4) is 5.75 Å². The Labute approximate surface area is 152 Å². The number of carbonyl (C=O) groups excluding carboxylic acids is 2. The van der Waals surface area contributed by atoms with Crippen LogP contribution in [-0.4, -0.2) is 25.6 Å². The molecule has 2 aromatic carbocycles. The Bertz CT molecular complexity index is 774. The maximum Gasteiger partial charge on any atom is 0.338 e. The number of nitrogens with one attached hydrogen (secondary N) is 1. The van der Waals surface area contributed by atoms with Gasteiger partial charge < -0.3 is 14.8 Å². The molecule has 0 aliphatic heterocycles. The fraction of sp³-hybridized carbons (Fsp3) is 0.300. The maximum absolute atomic E-state index is 13.6. The number of benzene rings is 2. The van der Waals surface area contributed by atoms with E-state index in [2.05, 4.69) is 12.2 Å². The van der Waals surface area contributed by atoms with Crippen LogP contribution in [0.1, 0.15) is 41.4 Å². The largest absolute Gasteiger partial charge is 0.494 e. The molecule has 0 fully saturated rings. The molecule has 0 aromatic heterocycles. The van der Waals surface area contributed by atoms with E-state index < -0.39 is 24.3 Å². The lowest BCUT2D eigenvalue weighted by Crippen LogP contribution is -2.31. The fourth-order valence-corrected chi connectivity index (χ4v) is 2.42. The van der Waals surface area contributed by atoms with E-state index in [1.165, 1.54) is 24.8 Å². The highest BCUT2D eigenvalue weighted by molar-refractivity contribution is 5.91. The smallest absolute Gasteiger partial charge is 0.338 e. The van der Waals surface area contributed by atoms with Crippen molar-refractivity contribution in [2.45, 2.75) is 26.3 Å². The van der Waals surface area contributed by atoms with Gasteiger partial charge in [0.05, 0.1) is 18.7 Å². The SMILES string of the molecule is CCc1ccc([C@H](C)NC(=O)COC(=O)c2ccc(OC)c(F)c2)cc1. The van der Waals surface area contributed by atoms with Gasteiger partial charge in [0, 0.05) is 0 Å². The van der Waals surface area contributed by atoms with Gasteiger partial charge >= 0.3 is 5.97 Å². The van der Waals surface area contributed by atoms with Crippen molar-refractivity contribution in [3.63, 3.8) is 0 Å². The second-order valence-electron chi connectivity index (χ2n) is 5.81. The van der Waals surface area contributed by atoms with Gasteiger partial charge in [-0.3, -0.25) is 4.79 Å². The molecule has 0 unspecified atom stereocenters. The summed E-state index contributed by atoms with van der Waals surface area (Å²) >= 11 is 0. The summed E-state index contributed by atoms with van der Waals surface area (Å²) in [6, 6.07) is 11.4. The van der Waals surface area contributed by atoms with Crippen LogP contribution in [0.4, 0.5) is 4.39 Å². The van der Waals surface area contributed by atoms with Crippen LogP contribution in [0.2, 0.25) is 0 Å². The number of ether oxygens (including phenoxy) is 2. The number of rotatable bonds is 7. The summed E-state index contributed by atoms with van der Waals surface area (Å²) in [7, 11) is 1.33. The third-order valence-electron chi connectivity index (χ3n) is 3.99. The van der Waals surface area contributed by atoms with Crippen molar-refractivity contribution >= 4 is 11.9 Å². The van der Waals surface area contributed by atoms with Gasteiger partial charge in [0.25, 0.3) is 5.91 Å². The third kappa shape index (κ3) is 5.05. The fourth-order valence-electron chi connectivity index (χ4n) is 2.42. The second kappa shape index (κ2) is 8.99. The van der Waals surface area contributed by atoms with E-state index in [4.69, 9.17) is 9.47 Å². The number of hydrogen-bond donors (Lipinski definition) is 1. The van der Waals surface area contributed by atoms with Crippen molar-refractivity contribution in [3.05, 3.63) is 65.0 Å². The van der Waals surface area contributed by atoms with E-state index in [-0.39, 0.29) is 17.4 Å². The Morgan fingerprint density at radius 2 is 1.85 bits per heavy atom. The van der Waals surface area contributed by atoms with Crippen LogP contribution in [0.3, 0.4) is 0 Å². The average molecular weight is 359 g/mol. The van der Waals surface area contributed by atoms with Gasteiger partial charge in [0.15, 0.2) is 18.2 Å². The van der Waals surface area contributed by atoms with Crippen molar-refractivity contribution in [2.24, 2.45) is 0 Å². The molecule has 0 saturated carbocycles. The minimum absolute atomic E-state index is 0.0132. The Hall–Kier alpha value is -2.89. The van der Waals surface area contributed by atoms with E-state index >= 15 is 0 Å². The van der Waals surface area contributed by atoms with Crippen LogP contribution in [0.15, 0.2) is 42.5 Å². The first kappa shape index (κ1) is 19.4. The molecule has 0 heterocycles. The van der Waals surface area contributed by atoms with E-state index in [1.54, 1.807) is 0 Å². The molecule has 2 aromatic rings. The molecule has 0 saturated heterocycles. The van der Waals surface area contributed by atoms with Crippen LogP contribution in [0.5, 0.6) is 5.75 Å². The highest BCUT2D eigenvalue weighted by atomic mass is 19.1. The second-order valence-corrected chi connectivity index (χ2v) is 5.81. The first-order valence-corrected chi connectivity index (χ1v) is 8.33. The van der Waals surface area contributed by atoms with Crippen LogP contribution in [-0.2, 0) is 16.0 Å². The number of amides is 1. The summed E-state index contributed by atoms with van der Waals surface area (Å²) in [5.41, 5.74) is 2.19. The first-order valence-electron chi connectivity index (χ1n) is 8.33. The average Bonchev–Trinajstić information content (AvgIpc) is 2.66. The molecule has 138 valence electrons. The zero-order chi connectivity index (χ0) is 19.1. The lowest BCUT2D eigenvalue weighted by atomic mass is 10.1. The summed E-state index contributed by atoms with van der Waals surface area (Å²) in [4.78, 5) is 23.9. The third-order valence-corrected chi connectivity index (χ3v) is 3.99. The summed E-state index contributed by atoms with van der Waals surface area (Å²) in [5, 5.41) is 2.76. The van der Waals surface area contributed by atoms with Gasteiger partial charge in [0.1, 0.15) is 0 Å². The molecular formula is C20H22FNO4. The maximum atomic E-state index is 13.6. The van der Waals surface area contributed by atoms with Gasteiger partial charge in [-0.1, -0.05) is 31.2 Å². The highest BCUT2D eigenvalue weighted by Gasteiger charge is 2.15. The Morgan fingerprint density at radius 1 is 1.15 bits per heavy atom. The van der Waals surface area contributed by atoms with Crippen molar-refractivity contribution in [2.75, 3.05) is 13.7 Å². The molecule has 1 N–H and O–H groups in total. The van der Waals surface area contributed by atoms with E-state index in [1.807, 2.05) is 31.2 Å². The predicted molar refractivity (Wildman–Crippen MR) is 95.6 cm³/mol. The van der Waals surface area contributed by atoms with Gasteiger partial charge in [-0.15, -0.1) is 0 Å². The molecule has 0 bridgehead atoms. The molecule has 26 heavy (non-hydrogen) atoms. The van der Waals surface area contributed by atoms with Crippen LogP contribution >= 0.6 is 0 Å². The lowest BCUT2D eigenvalue weighted by molar-refractivity contribution is -0.124. The van der Waals surface area contributed by atoms with Gasteiger partial charge in [-0.2, -0.15) is 0 Å². The zero-order valence-electron chi connectivity index (χ0n) is 15.0. The molecule has 5 nitrogen and oxygen atoms in total. The van der Waals surface area contributed by atoms with E-state index in [0.29, 0.717) is 0 Å². The molecule has 1 atom stereocenters. The molecule has 0 spiro atoms. The normalized spacial score (nSPS) is 11.5. The number of halogens is 1. The van der Waals surface area contributed by atoms with E-state index in [9.17, 15) is 14.0 Å². The minimum atomic E-state index is -0.776. The van der Waals surface area contributed by atoms with Crippen molar-refractivity contribution < 1.29 is 23.5 Å². The van der Waals surface area contributed by atoms with Gasteiger partial charge in [-0.05, 0) is 42.7 Å². The topological polar surface area (TPSA) is 64.6 Å². The van der Waals surface area contributed by atoms with Crippen LogP contribution in [0, 0.1) is 5.82 Å². The van der Waals surface area contributed by atoms with Gasteiger partial charge in [-0.25, -0.2) is 9.18 Å². The summed E-state index contributed by atoms with van der Waals surface area (Å²) < 4.78 is 23.3. The van der Waals surface area contributed by atoms with Crippen molar-refractivity contribution in [1.82, 2.24) is 5.32 Å². The number of carbonyl (C=O) groups is 2. The predicted octanol–water partition coefficient (Wildman–Crippen LogP) is 3.43. The summed E-state index contributed by atoms with van der Waals surface area (Å²) in [5.74, 6) is -1.85. The number of methoxy groups -OCH3 is 1. The Kier molecular flexibility index (Phi) is 6.72. The summed E-state index contributed by atoms with van der Waals surface area (Å²) in [6.07, 6.45) is 0.947.